The second kappa shape index (κ2) is 7.14. The van der Waals surface area contributed by atoms with E-state index >= 15 is 0 Å². The van der Waals surface area contributed by atoms with Crippen LogP contribution < -0.4 is 10.6 Å². The Kier molecular flexibility index (Phi) is 4.75. The van der Waals surface area contributed by atoms with Gasteiger partial charge in [-0.1, -0.05) is 12.1 Å². The Morgan fingerprint density at radius 2 is 1.80 bits per heavy atom. The molecule has 2 aromatic rings. The third-order valence-electron chi connectivity index (χ3n) is 4.12. The van der Waals surface area contributed by atoms with E-state index in [4.69, 9.17) is 5.26 Å². The molecule has 0 heterocycles. The van der Waals surface area contributed by atoms with Crippen LogP contribution in [0.4, 0.5) is 4.39 Å². The van der Waals surface area contributed by atoms with E-state index in [0.717, 1.165) is 12.0 Å². The predicted octanol–water partition coefficient (Wildman–Crippen LogP) is 2.10. The lowest BCUT2D eigenvalue weighted by Gasteiger charge is -2.07. The van der Waals surface area contributed by atoms with E-state index < -0.39 is 0 Å². The van der Waals surface area contributed by atoms with Crippen LogP contribution in [-0.2, 0) is 4.79 Å². The van der Waals surface area contributed by atoms with Crippen LogP contribution in [0.5, 0.6) is 0 Å². The van der Waals surface area contributed by atoms with Crippen LogP contribution in [0.15, 0.2) is 48.5 Å². The summed E-state index contributed by atoms with van der Waals surface area (Å²) in [7, 11) is 0. The monoisotopic (exact) mass is 337 g/mol. The molecule has 126 valence electrons. The molecular weight excluding hydrogens is 321 g/mol. The molecule has 2 aromatic carbocycles. The lowest BCUT2D eigenvalue weighted by molar-refractivity contribution is -0.120. The second-order valence-electron chi connectivity index (χ2n) is 5.94. The minimum absolute atomic E-state index is 0.0183. The highest BCUT2D eigenvalue weighted by Crippen LogP contribution is 2.40. The van der Waals surface area contributed by atoms with E-state index in [0.29, 0.717) is 11.1 Å². The van der Waals surface area contributed by atoms with E-state index in [1.54, 1.807) is 24.3 Å². The van der Waals surface area contributed by atoms with Crippen molar-refractivity contribution in [3.05, 3.63) is 71.0 Å². The number of nitrogens with one attached hydrogen (secondary N) is 2. The summed E-state index contributed by atoms with van der Waals surface area (Å²) in [4.78, 5) is 23.9. The van der Waals surface area contributed by atoms with Crippen LogP contribution in [-0.4, -0.2) is 24.4 Å². The quantitative estimate of drug-likeness (QED) is 0.876. The molecule has 0 bridgehead atoms. The molecule has 2 N–H and O–H groups in total. The topological polar surface area (TPSA) is 82.0 Å². The van der Waals surface area contributed by atoms with Gasteiger partial charge in [0, 0.05) is 17.5 Å². The summed E-state index contributed by atoms with van der Waals surface area (Å²) in [6.45, 7) is -0.120. The Labute approximate surface area is 144 Å². The molecule has 1 aliphatic rings. The summed E-state index contributed by atoms with van der Waals surface area (Å²) in [6, 6.07) is 14.4. The maximum absolute atomic E-state index is 12.9. The number of carbonyl (C=O) groups excluding carboxylic acids is 2. The molecule has 0 unspecified atom stereocenters. The van der Waals surface area contributed by atoms with Crippen LogP contribution in [0.3, 0.4) is 0 Å². The van der Waals surface area contributed by atoms with Crippen LogP contribution >= 0.6 is 0 Å². The normalized spacial score (nSPS) is 18.1. The van der Waals surface area contributed by atoms with E-state index in [9.17, 15) is 14.0 Å². The number of halogens is 1. The molecule has 0 radical (unpaired) electrons. The molecule has 25 heavy (non-hydrogen) atoms. The molecule has 0 aromatic heterocycles. The highest BCUT2D eigenvalue weighted by molar-refractivity contribution is 5.96. The van der Waals surface area contributed by atoms with Crippen molar-refractivity contribution in [3.8, 4) is 6.07 Å². The maximum Gasteiger partial charge on any atom is 0.251 e. The second-order valence-corrected chi connectivity index (χ2v) is 5.94. The number of nitrogens with zero attached hydrogens (tertiary/aromatic N) is 1. The van der Waals surface area contributed by atoms with E-state index in [2.05, 4.69) is 10.6 Å². The summed E-state index contributed by atoms with van der Waals surface area (Å²) in [5.41, 5.74) is 1.85. The zero-order valence-corrected chi connectivity index (χ0v) is 13.3. The molecule has 0 spiro atoms. The van der Waals surface area contributed by atoms with Crippen molar-refractivity contribution in [2.45, 2.75) is 18.4 Å². The summed E-state index contributed by atoms with van der Waals surface area (Å²) in [5.74, 6) is -0.726. The van der Waals surface area contributed by atoms with Gasteiger partial charge in [-0.25, -0.2) is 4.39 Å². The molecule has 0 aliphatic heterocycles. The van der Waals surface area contributed by atoms with Crippen molar-refractivity contribution in [1.82, 2.24) is 10.6 Å². The maximum atomic E-state index is 12.9. The number of amides is 2. The SMILES string of the molecule is N#Cc1ccc(C(=O)NCC(=O)N[C@H]2C[C@@H]2c2ccc(F)cc2)cc1. The van der Waals surface area contributed by atoms with Crippen LogP contribution in [0.2, 0.25) is 0 Å². The average molecular weight is 337 g/mol. The highest BCUT2D eigenvalue weighted by atomic mass is 19.1. The molecule has 2 atom stereocenters. The van der Waals surface area contributed by atoms with Gasteiger partial charge in [-0.15, -0.1) is 0 Å². The Morgan fingerprint density at radius 1 is 1.12 bits per heavy atom. The van der Waals surface area contributed by atoms with Gasteiger partial charge in [0.25, 0.3) is 5.91 Å². The molecule has 1 aliphatic carbocycles. The molecule has 2 amide bonds. The van der Waals surface area contributed by atoms with Gasteiger partial charge in [-0.05, 0) is 48.4 Å². The third-order valence-corrected chi connectivity index (χ3v) is 4.12. The van der Waals surface area contributed by atoms with Crippen molar-refractivity contribution in [2.24, 2.45) is 0 Å². The average Bonchev–Trinajstić information content (AvgIpc) is 3.39. The van der Waals surface area contributed by atoms with Gasteiger partial charge in [0.15, 0.2) is 0 Å². The Balaban J connectivity index is 1.45. The van der Waals surface area contributed by atoms with Crippen molar-refractivity contribution >= 4 is 11.8 Å². The molecule has 1 fully saturated rings. The minimum atomic E-state index is -0.370. The summed E-state index contributed by atoms with van der Waals surface area (Å²) >= 11 is 0. The molecular formula is C19H16FN3O2. The largest absolute Gasteiger partial charge is 0.351 e. The number of hydrogen-bond donors (Lipinski definition) is 2. The van der Waals surface area contributed by atoms with Gasteiger partial charge in [-0.3, -0.25) is 9.59 Å². The van der Waals surface area contributed by atoms with Gasteiger partial charge >= 0.3 is 0 Å². The first-order valence-electron chi connectivity index (χ1n) is 7.90. The number of benzene rings is 2. The predicted molar refractivity (Wildman–Crippen MR) is 89.2 cm³/mol. The van der Waals surface area contributed by atoms with Crippen LogP contribution in [0, 0.1) is 17.1 Å². The lowest BCUT2D eigenvalue weighted by atomic mass is 10.1. The fraction of sp³-hybridized carbons (Fsp3) is 0.211. The third kappa shape index (κ3) is 4.21. The van der Waals surface area contributed by atoms with E-state index in [-0.39, 0.29) is 36.1 Å². The number of hydrogen-bond acceptors (Lipinski definition) is 3. The van der Waals surface area contributed by atoms with Crippen LogP contribution in [0.25, 0.3) is 0 Å². The van der Waals surface area contributed by atoms with Crippen molar-refractivity contribution in [1.29, 1.82) is 5.26 Å². The van der Waals surface area contributed by atoms with Gasteiger partial charge in [0.2, 0.25) is 5.91 Å². The van der Waals surface area contributed by atoms with E-state index in [1.807, 2.05) is 6.07 Å². The van der Waals surface area contributed by atoms with E-state index in [1.165, 1.54) is 24.3 Å². The van der Waals surface area contributed by atoms with Gasteiger partial charge in [0.1, 0.15) is 5.82 Å². The zero-order valence-electron chi connectivity index (χ0n) is 13.3. The Morgan fingerprint density at radius 3 is 2.44 bits per heavy atom. The van der Waals surface area contributed by atoms with Gasteiger partial charge < -0.3 is 10.6 Å². The zero-order chi connectivity index (χ0) is 17.8. The van der Waals surface area contributed by atoms with Crippen LogP contribution in [0.1, 0.15) is 33.8 Å². The molecule has 1 saturated carbocycles. The number of carbonyl (C=O) groups is 2. The number of nitriles is 1. The first-order valence-corrected chi connectivity index (χ1v) is 7.90. The minimum Gasteiger partial charge on any atom is -0.351 e. The fourth-order valence-corrected chi connectivity index (χ4v) is 2.65. The molecule has 6 heteroatoms. The lowest BCUT2D eigenvalue weighted by Crippen LogP contribution is -2.38. The standard InChI is InChI=1S/C19H16FN3O2/c20-15-7-5-13(6-8-15)16-9-17(16)23-18(24)11-22-19(25)14-3-1-12(10-21)2-4-14/h1-8,16-17H,9,11H2,(H,22,25)(H,23,24)/t16-,17+/m1/s1. The Bertz CT molecular complexity index is 825. The fourth-order valence-electron chi connectivity index (χ4n) is 2.65. The van der Waals surface area contributed by atoms with Crippen molar-refractivity contribution in [3.63, 3.8) is 0 Å². The van der Waals surface area contributed by atoms with Crippen molar-refractivity contribution < 1.29 is 14.0 Å². The molecule has 5 nitrogen and oxygen atoms in total. The van der Waals surface area contributed by atoms with Crippen molar-refractivity contribution in [2.75, 3.05) is 6.54 Å². The molecule has 0 saturated heterocycles. The summed E-state index contributed by atoms with van der Waals surface area (Å²) in [6.07, 6.45) is 0.806. The highest BCUT2D eigenvalue weighted by Gasteiger charge is 2.39. The summed E-state index contributed by atoms with van der Waals surface area (Å²) < 4.78 is 12.9. The Hall–Kier alpha value is -3.20. The smallest absolute Gasteiger partial charge is 0.251 e. The van der Waals surface area contributed by atoms with Gasteiger partial charge in [-0.2, -0.15) is 5.26 Å². The summed E-state index contributed by atoms with van der Waals surface area (Å²) in [5, 5.41) is 14.1. The first kappa shape index (κ1) is 16.7. The first-order chi connectivity index (χ1) is 12.1. The molecule has 3 rings (SSSR count). The number of rotatable bonds is 5. The van der Waals surface area contributed by atoms with Gasteiger partial charge in [0.05, 0.1) is 18.2 Å².